The van der Waals surface area contributed by atoms with Crippen LogP contribution in [0.5, 0.6) is 11.5 Å². The van der Waals surface area contributed by atoms with Crippen molar-refractivity contribution in [2.75, 3.05) is 34.4 Å². The second-order valence-corrected chi connectivity index (χ2v) is 7.16. The number of methoxy groups -OCH3 is 2. The SMILES string of the molecule is CCN=C(NC1CC1c1ccccc1)N(C)CCc1ccc(OC)c(OC)c1.I. The molecule has 0 radical (unpaired) electrons. The molecule has 0 bridgehead atoms. The number of hydrogen-bond acceptors (Lipinski definition) is 3. The van der Waals surface area contributed by atoms with Gasteiger partial charge in [-0.25, -0.2) is 0 Å². The third-order valence-electron chi connectivity index (χ3n) is 5.19. The lowest BCUT2D eigenvalue weighted by Crippen LogP contribution is -2.41. The third-order valence-corrected chi connectivity index (χ3v) is 5.19. The van der Waals surface area contributed by atoms with Crippen LogP contribution in [-0.2, 0) is 6.42 Å². The summed E-state index contributed by atoms with van der Waals surface area (Å²) >= 11 is 0. The highest BCUT2D eigenvalue weighted by Crippen LogP contribution is 2.40. The van der Waals surface area contributed by atoms with Crippen molar-refractivity contribution in [3.63, 3.8) is 0 Å². The molecule has 1 fully saturated rings. The Labute approximate surface area is 191 Å². The lowest BCUT2D eigenvalue weighted by molar-refractivity contribution is 0.354. The maximum Gasteiger partial charge on any atom is 0.193 e. The molecule has 0 spiro atoms. The number of likely N-dealkylation sites (N-methyl/N-ethyl adjacent to an activating group) is 1. The molecule has 0 aliphatic heterocycles. The van der Waals surface area contributed by atoms with E-state index in [9.17, 15) is 0 Å². The number of benzene rings is 2. The highest BCUT2D eigenvalue weighted by atomic mass is 127. The van der Waals surface area contributed by atoms with Crippen LogP contribution in [0.25, 0.3) is 0 Å². The molecular weight excluding hydrogens is 477 g/mol. The van der Waals surface area contributed by atoms with Crippen LogP contribution in [0.3, 0.4) is 0 Å². The summed E-state index contributed by atoms with van der Waals surface area (Å²) in [5.41, 5.74) is 2.62. The van der Waals surface area contributed by atoms with Crippen molar-refractivity contribution in [3.8, 4) is 11.5 Å². The number of guanidine groups is 1. The Kier molecular flexibility index (Phi) is 9.07. The fraction of sp³-hybridized carbons (Fsp3) is 0.435. The van der Waals surface area contributed by atoms with Crippen molar-refractivity contribution >= 4 is 29.9 Å². The molecule has 0 saturated heterocycles. The predicted octanol–water partition coefficient (Wildman–Crippen LogP) is 4.32. The normalized spacial score (nSPS) is 17.9. The van der Waals surface area contributed by atoms with Crippen LogP contribution in [0.1, 0.15) is 30.4 Å². The molecule has 5 nitrogen and oxygen atoms in total. The minimum atomic E-state index is 0. The molecular formula is C23H32IN3O2. The van der Waals surface area contributed by atoms with Gasteiger partial charge in [0.25, 0.3) is 0 Å². The van der Waals surface area contributed by atoms with Gasteiger partial charge in [0.15, 0.2) is 17.5 Å². The standard InChI is InChI=1S/C23H31N3O2.HI/c1-5-24-23(25-20-16-19(20)18-9-7-6-8-10-18)26(2)14-13-17-11-12-21(27-3)22(15-17)28-4;/h6-12,15,19-20H,5,13-14,16H2,1-4H3,(H,24,25);1H. The molecule has 6 heteroatoms. The Morgan fingerprint density at radius 3 is 2.48 bits per heavy atom. The monoisotopic (exact) mass is 509 g/mol. The van der Waals surface area contributed by atoms with E-state index in [1.54, 1.807) is 14.2 Å². The van der Waals surface area contributed by atoms with Crippen LogP contribution >= 0.6 is 24.0 Å². The minimum Gasteiger partial charge on any atom is -0.493 e. The average Bonchev–Trinajstić information content (AvgIpc) is 3.51. The third kappa shape index (κ3) is 6.26. The summed E-state index contributed by atoms with van der Waals surface area (Å²) < 4.78 is 10.7. The zero-order valence-electron chi connectivity index (χ0n) is 17.7. The van der Waals surface area contributed by atoms with Crippen molar-refractivity contribution in [1.29, 1.82) is 0 Å². The molecule has 1 saturated carbocycles. The first-order chi connectivity index (χ1) is 13.7. The number of nitrogens with zero attached hydrogens (tertiary/aromatic N) is 2. The van der Waals surface area contributed by atoms with E-state index in [1.165, 1.54) is 11.1 Å². The lowest BCUT2D eigenvalue weighted by atomic mass is 10.1. The molecule has 2 atom stereocenters. The van der Waals surface area contributed by atoms with Crippen LogP contribution in [-0.4, -0.2) is 51.3 Å². The summed E-state index contributed by atoms with van der Waals surface area (Å²) in [6.45, 7) is 3.72. The van der Waals surface area contributed by atoms with Gasteiger partial charge in [0.2, 0.25) is 0 Å². The molecule has 1 aliphatic carbocycles. The van der Waals surface area contributed by atoms with E-state index >= 15 is 0 Å². The quantitative estimate of drug-likeness (QED) is 0.327. The molecule has 1 N–H and O–H groups in total. The maximum atomic E-state index is 5.41. The fourth-order valence-corrected chi connectivity index (χ4v) is 3.45. The lowest BCUT2D eigenvalue weighted by Gasteiger charge is -2.23. The topological polar surface area (TPSA) is 46.1 Å². The number of ether oxygens (including phenoxy) is 2. The van der Waals surface area contributed by atoms with Crippen LogP contribution < -0.4 is 14.8 Å². The number of aliphatic imine (C=N–C) groups is 1. The molecule has 3 rings (SSSR count). The second-order valence-electron chi connectivity index (χ2n) is 7.16. The van der Waals surface area contributed by atoms with Crippen molar-refractivity contribution < 1.29 is 9.47 Å². The second kappa shape index (κ2) is 11.3. The molecule has 0 heterocycles. The van der Waals surface area contributed by atoms with E-state index < -0.39 is 0 Å². The van der Waals surface area contributed by atoms with Gasteiger partial charge in [-0.15, -0.1) is 24.0 Å². The summed E-state index contributed by atoms with van der Waals surface area (Å²) in [6, 6.07) is 17.3. The van der Waals surface area contributed by atoms with Crippen LogP contribution in [0.4, 0.5) is 0 Å². The largest absolute Gasteiger partial charge is 0.493 e. The van der Waals surface area contributed by atoms with Crippen molar-refractivity contribution in [3.05, 3.63) is 59.7 Å². The predicted molar refractivity (Wildman–Crippen MR) is 130 cm³/mol. The average molecular weight is 509 g/mol. The van der Waals surface area contributed by atoms with Crippen molar-refractivity contribution in [2.24, 2.45) is 4.99 Å². The van der Waals surface area contributed by atoms with Crippen LogP contribution in [0, 0.1) is 0 Å². The van der Waals surface area contributed by atoms with Gasteiger partial charge < -0.3 is 19.7 Å². The summed E-state index contributed by atoms with van der Waals surface area (Å²) in [4.78, 5) is 6.90. The Balaban J connectivity index is 0.00000300. The Morgan fingerprint density at radius 1 is 1.10 bits per heavy atom. The van der Waals surface area contributed by atoms with E-state index in [1.807, 2.05) is 12.1 Å². The zero-order chi connectivity index (χ0) is 19.9. The van der Waals surface area contributed by atoms with Crippen molar-refractivity contribution in [1.82, 2.24) is 10.2 Å². The first-order valence-electron chi connectivity index (χ1n) is 9.94. The molecule has 2 aromatic rings. The number of rotatable bonds is 8. The first-order valence-corrected chi connectivity index (χ1v) is 9.94. The van der Waals surface area contributed by atoms with Gasteiger partial charge in [0.05, 0.1) is 14.2 Å². The fourth-order valence-electron chi connectivity index (χ4n) is 3.45. The number of halogens is 1. The summed E-state index contributed by atoms with van der Waals surface area (Å²) in [7, 11) is 5.43. The van der Waals surface area contributed by atoms with E-state index in [2.05, 4.69) is 60.6 Å². The van der Waals surface area contributed by atoms with E-state index in [0.29, 0.717) is 12.0 Å². The smallest absolute Gasteiger partial charge is 0.193 e. The van der Waals surface area contributed by atoms with Gasteiger partial charge in [-0.3, -0.25) is 4.99 Å². The molecule has 2 unspecified atom stereocenters. The van der Waals surface area contributed by atoms with Gasteiger partial charge in [-0.1, -0.05) is 36.4 Å². The summed E-state index contributed by atoms with van der Waals surface area (Å²) in [6.07, 6.45) is 2.07. The molecule has 0 aromatic heterocycles. The summed E-state index contributed by atoms with van der Waals surface area (Å²) in [5, 5.41) is 3.65. The number of nitrogens with one attached hydrogen (secondary N) is 1. The maximum absolute atomic E-state index is 5.41. The van der Waals surface area contributed by atoms with E-state index in [0.717, 1.165) is 43.4 Å². The Morgan fingerprint density at radius 2 is 1.83 bits per heavy atom. The Hall–Kier alpha value is -1.96. The van der Waals surface area contributed by atoms with Gasteiger partial charge in [0, 0.05) is 32.1 Å². The van der Waals surface area contributed by atoms with Crippen molar-refractivity contribution in [2.45, 2.75) is 31.7 Å². The first kappa shape index (κ1) is 23.3. The molecule has 2 aromatic carbocycles. The highest BCUT2D eigenvalue weighted by Gasteiger charge is 2.39. The van der Waals surface area contributed by atoms with Gasteiger partial charge >= 0.3 is 0 Å². The van der Waals surface area contributed by atoms with Crippen LogP contribution in [0.15, 0.2) is 53.5 Å². The molecule has 0 amide bonds. The van der Waals surface area contributed by atoms with Gasteiger partial charge in [0.1, 0.15) is 0 Å². The molecule has 29 heavy (non-hydrogen) atoms. The summed E-state index contributed by atoms with van der Waals surface area (Å²) in [5.74, 6) is 3.09. The molecule has 158 valence electrons. The van der Waals surface area contributed by atoms with Gasteiger partial charge in [-0.2, -0.15) is 0 Å². The molecule has 1 aliphatic rings. The van der Waals surface area contributed by atoms with Crippen LogP contribution in [0.2, 0.25) is 0 Å². The van der Waals surface area contributed by atoms with E-state index in [-0.39, 0.29) is 24.0 Å². The number of hydrogen-bond donors (Lipinski definition) is 1. The Bertz CT molecular complexity index is 798. The zero-order valence-corrected chi connectivity index (χ0v) is 20.1. The van der Waals surface area contributed by atoms with Gasteiger partial charge in [-0.05, 0) is 43.0 Å². The highest BCUT2D eigenvalue weighted by molar-refractivity contribution is 14.0. The minimum absolute atomic E-state index is 0. The van der Waals surface area contributed by atoms with E-state index in [4.69, 9.17) is 14.5 Å².